The zero-order valence-electron chi connectivity index (χ0n) is 23.1. The van der Waals surface area contributed by atoms with Crippen molar-refractivity contribution in [2.75, 3.05) is 34.3 Å². The molecule has 1 aliphatic rings. The predicted octanol–water partition coefficient (Wildman–Crippen LogP) is 5.68. The van der Waals surface area contributed by atoms with Crippen LogP contribution in [-0.4, -0.2) is 73.3 Å². The number of likely N-dealkylation sites (tertiary alicyclic amines) is 1. The summed E-state index contributed by atoms with van der Waals surface area (Å²) in [6, 6.07) is 9.83. The highest BCUT2D eigenvalue weighted by Crippen LogP contribution is 2.42. The van der Waals surface area contributed by atoms with E-state index in [4.69, 9.17) is 21.1 Å². The predicted molar refractivity (Wildman–Crippen MR) is 146 cm³/mol. The quantitative estimate of drug-likeness (QED) is 0.389. The van der Waals surface area contributed by atoms with Crippen LogP contribution in [0.4, 0.5) is 13.2 Å². The Hall–Kier alpha value is -2.98. The Kier molecular flexibility index (Phi) is 10.3. The molecular weight excluding hydrogens is 549 g/mol. The van der Waals surface area contributed by atoms with Crippen molar-refractivity contribution >= 4 is 23.4 Å². The maximum Gasteiger partial charge on any atom is 0.430 e. The van der Waals surface area contributed by atoms with Gasteiger partial charge in [-0.05, 0) is 68.9 Å². The summed E-state index contributed by atoms with van der Waals surface area (Å²) >= 11 is 6.25. The Morgan fingerprint density at radius 3 is 2.38 bits per heavy atom. The number of amides is 2. The van der Waals surface area contributed by atoms with Gasteiger partial charge in [0.05, 0.1) is 23.8 Å². The van der Waals surface area contributed by atoms with Crippen LogP contribution < -0.4 is 9.47 Å². The van der Waals surface area contributed by atoms with Crippen LogP contribution in [0.15, 0.2) is 42.5 Å². The molecule has 7 nitrogen and oxygen atoms in total. The molecule has 2 aromatic carbocycles. The van der Waals surface area contributed by atoms with E-state index in [1.165, 1.54) is 24.1 Å². The van der Waals surface area contributed by atoms with Gasteiger partial charge >= 0.3 is 6.18 Å². The summed E-state index contributed by atoms with van der Waals surface area (Å²) in [5, 5.41) is 11.0. The minimum absolute atomic E-state index is 0.113. The highest BCUT2D eigenvalue weighted by atomic mass is 35.5. The minimum atomic E-state index is -5.20. The SMILES string of the molecule is COc1cccc([C@](O)(C(=O)N2CCC(CCC[C@@H](C)Oc3ccc(C(=O)N(C)C)c(Cl)c3)CC2)C(F)(F)F)c1. The van der Waals surface area contributed by atoms with Crippen molar-refractivity contribution in [2.45, 2.75) is 56.9 Å². The van der Waals surface area contributed by atoms with Gasteiger partial charge in [0, 0.05) is 32.7 Å². The van der Waals surface area contributed by atoms with Crippen molar-refractivity contribution in [2.24, 2.45) is 5.92 Å². The first-order valence-electron chi connectivity index (χ1n) is 13.2. The van der Waals surface area contributed by atoms with Crippen molar-refractivity contribution in [3.63, 3.8) is 0 Å². The third-order valence-electron chi connectivity index (χ3n) is 7.25. The average Bonchev–Trinajstić information content (AvgIpc) is 2.91. The van der Waals surface area contributed by atoms with Gasteiger partial charge in [0.2, 0.25) is 0 Å². The molecule has 0 bridgehead atoms. The van der Waals surface area contributed by atoms with E-state index in [-0.39, 0.29) is 36.8 Å². The molecule has 0 aliphatic carbocycles. The highest BCUT2D eigenvalue weighted by Gasteiger charge is 2.62. The van der Waals surface area contributed by atoms with E-state index in [1.807, 2.05) is 6.92 Å². The third-order valence-corrected chi connectivity index (χ3v) is 7.56. The summed E-state index contributed by atoms with van der Waals surface area (Å²) in [5.41, 5.74) is -3.82. The Bertz CT molecular complexity index is 1180. The zero-order valence-corrected chi connectivity index (χ0v) is 23.9. The molecule has 2 amide bonds. The molecule has 0 radical (unpaired) electrons. The maximum absolute atomic E-state index is 14.0. The number of hydrogen-bond donors (Lipinski definition) is 1. The van der Waals surface area contributed by atoms with E-state index in [0.29, 0.717) is 29.2 Å². The van der Waals surface area contributed by atoms with E-state index in [9.17, 15) is 27.9 Å². The fraction of sp³-hybridized carbons (Fsp3) is 0.517. The number of piperidine rings is 1. The molecule has 1 aliphatic heterocycles. The standard InChI is InChI=1S/C29H36ClF3N2O5/c1-19(40-23-11-12-24(25(30)18-23)26(36)34(2)3)7-5-8-20-13-15-35(16-14-20)27(37)28(38,29(31,32)33)21-9-6-10-22(17-21)39-4/h6,9-12,17-20,38H,5,7-8,13-16H2,1-4H3/t19-,28+/m1/s1. The third kappa shape index (κ3) is 7.20. The number of carbonyl (C=O) groups is 2. The summed E-state index contributed by atoms with van der Waals surface area (Å²) < 4.78 is 53.1. The van der Waals surface area contributed by atoms with Crippen molar-refractivity contribution in [3.8, 4) is 11.5 Å². The smallest absolute Gasteiger partial charge is 0.430 e. The van der Waals surface area contributed by atoms with Crippen LogP contribution in [0.1, 0.15) is 54.9 Å². The average molecular weight is 585 g/mol. The van der Waals surface area contributed by atoms with Gasteiger partial charge in [0.25, 0.3) is 17.4 Å². The Balaban J connectivity index is 1.51. The van der Waals surface area contributed by atoms with Crippen LogP contribution >= 0.6 is 11.6 Å². The highest BCUT2D eigenvalue weighted by molar-refractivity contribution is 6.34. The Labute approximate surface area is 237 Å². The van der Waals surface area contributed by atoms with Gasteiger partial charge in [0.15, 0.2) is 0 Å². The van der Waals surface area contributed by atoms with Gasteiger partial charge in [0.1, 0.15) is 11.5 Å². The fourth-order valence-electron chi connectivity index (χ4n) is 4.88. The molecule has 1 heterocycles. The normalized spacial score (nSPS) is 16.7. The van der Waals surface area contributed by atoms with Crippen LogP contribution in [-0.2, 0) is 10.4 Å². The number of rotatable bonds is 10. The fourth-order valence-corrected chi connectivity index (χ4v) is 5.13. The number of methoxy groups -OCH3 is 1. The molecule has 220 valence electrons. The molecule has 1 fully saturated rings. The molecule has 40 heavy (non-hydrogen) atoms. The van der Waals surface area contributed by atoms with E-state index < -0.39 is 23.2 Å². The topological polar surface area (TPSA) is 79.3 Å². The lowest BCUT2D eigenvalue weighted by Gasteiger charge is -2.38. The number of ether oxygens (including phenoxy) is 2. The molecule has 0 unspecified atom stereocenters. The van der Waals surface area contributed by atoms with Crippen LogP contribution in [0.25, 0.3) is 0 Å². The van der Waals surface area contributed by atoms with Crippen molar-refractivity contribution in [1.29, 1.82) is 0 Å². The Morgan fingerprint density at radius 2 is 1.80 bits per heavy atom. The molecule has 0 saturated carbocycles. The summed E-state index contributed by atoms with van der Waals surface area (Å²) in [4.78, 5) is 27.7. The second-order valence-corrected chi connectivity index (χ2v) is 10.8. The molecule has 1 N–H and O–H groups in total. The van der Waals surface area contributed by atoms with Gasteiger partial charge in [-0.3, -0.25) is 9.59 Å². The largest absolute Gasteiger partial charge is 0.497 e. The molecular formula is C29H36ClF3N2O5. The number of carbonyl (C=O) groups excluding carboxylic acids is 2. The first-order valence-corrected chi connectivity index (χ1v) is 13.6. The van der Waals surface area contributed by atoms with Crippen LogP contribution in [0.3, 0.4) is 0 Å². The van der Waals surface area contributed by atoms with Gasteiger partial charge in [-0.15, -0.1) is 0 Å². The molecule has 0 spiro atoms. The van der Waals surface area contributed by atoms with Crippen molar-refractivity contribution in [1.82, 2.24) is 9.80 Å². The second kappa shape index (κ2) is 13.1. The molecule has 3 rings (SSSR count). The van der Waals surface area contributed by atoms with Crippen molar-refractivity contribution in [3.05, 3.63) is 58.6 Å². The molecule has 2 aromatic rings. The molecule has 2 atom stereocenters. The molecule has 1 saturated heterocycles. The van der Waals surface area contributed by atoms with Gasteiger partial charge in [-0.2, -0.15) is 13.2 Å². The molecule has 11 heteroatoms. The van der Waals surface area contributed by atoms with Crippen molar-refractivity contribution < 1.29 is 37.3 Å². The number of halogens is 4. The summed E-state index contributed by atoms with van der Waals surface area (Å²) in [6.45, 7) is 2.20. The van der Waals surface area contributed by atoms with E-state index in [0.717, 1.165) is 36.3 Å². The van der Waals surface area contributed by atoms with E-state index in [2.05, 4.69) is 0 Å². The first-order chi connectivity index (χ1) is 18.8. The van der Waals surface area contributed by atoms with Gasteiger partial charge in [-0.1, -0.05) is 30.2 Å². The summed E-state index contributed by atoms with van der Waals surface area (Å²) in [6.07, 6.45) is -1.80. The number of benzene rings is 2. The number of aliphatic hydroxyl groups is 1. The lowest BCUT2D eigenvalue weighted by Crippen LogP contribution is -2.57. The minimum Gasteiger partial charge on any atom is -0.497 e. The molecule has 0 aromatic heterocycles. The van der Waals surface area contributed by atoms with Crippen LogP contribution in [0.5, 0.6) is 11.5 Å². The number of nitrogens with zero attached hydrogens (tertiary/aromatic N) is 2. The summed E-state index contributed by atoms with van der Waals surface area (Å²) in [7, 11) is 4.60. The zero-order chi connectivity index (χ0) is 29.7. The maximum atomic E-state index is 14.0. The van der Waals surface area contributed by atoms with Gasteiger partial charge in [-0.25, -0.2) is 0 Å². The van der Waals surface area contributed by atoms with Gasteiger partial charge < -0.3 is 24.4 Å². The van der Waals surface area contributed by atoms with Crippen LogP contribution in [0.2, 0.25) is 5.02 Å². The van der Waals surface area contributed by atoms with E-state index >= 15 is 0 Å². The summed E-state index contributed by atoms with van der Waals surface area (Å²) in [5.74, 6) is -0.638. The van der Waals surface area contributed by atoms with Crippen LogP contribution in [0, 0.1) is 5.92 Å². The Morgan fingerprint density at radius 1 is 1.12 bits per heavy atom. The number of alkyl halides is 3. The second-order valence-electron chi connectivity index (χ2n) is 10.4. The lowest BCUT2D eigenvalue weighted by molar-refractivity contribution is -0.262. The first kappa shape index (κ1) is 31.5. The van der Waals surface area contributed by atoms with E-state index in [1.54, 1.807) is 32.3 Å². The number of hydrogen-bond acceptors (Lipinski definition) is 5. The lowest BCUT2D eigenvalue weighted by atomic mass is 9.87. The monoisotopic (exact) mass is 584 g/mol.